The summed E-state index contributed by atoms with van der Waals surface area (Å²) in [6, 6.07) is 13.6. The molecule has 0 aromatic heterocycles. The monoisotopic (exact) mass is 407 g/mol. The highest BCUT2D eigenvalue weighted by Gasteiger charge is 2.39. The van der Waals surface area contributed by atoms with Gasteiger partial charge in [-0.1, -0.05) is 31.0 Å². The topological polar surface area (TPSA) is 79.5 Å². The van der Waals surface area contributed by atoms with Crippen LogP contribution >= 0.6 is 0 Å². The van der Waals surface area contributed by atoms with Gasteiger partial charge in [0.15, 0.2) is 0 Å². The van der Waals surface area contributed by atoms with E-state index in [2.05, 4.69) is 16.2 Å². The van der Waals surface area contributed by atoms with Crippen molar-refractivity contribution < 1.29 is 14.3 Å². The standard InChI is InChI=1S/C24H29N3O3/c1-15-10-11-22(30-2)21(12-15)25-23(28)17-7-5-6-16(13-17)14-20-18-8-3-4-9-19(18)24(29)27-26-20/h5-7,10-13,18-20,26H,3-4,8-9,14H2,1-2H3,(H,25,28)(H,27,29). The third-order valence-corrected chi connectivity index (χ3v) is 6.30. The first-order chi connectivity index (χ1) is 14.5. The van der Waals surface area contributed by atoms with E-state index >= 15 is 0 Å². The Morgan fingerprint density at radius 2 is 2.00 bits per heavy atom. The second-order valence-electron chi connectivity index (χ2n) is 8.36. The minimum Gasteiger partial charge on any atom is -0.495 e. The Morgan fingerprint density at radius 1 is 1.17 bits per heavy atom. The molecule has 0 radical (unpaired) electrons. The quantitative estimate of drug-likeness (QED) is 0.707. The third kappa shape index (κ3) is 4.33. The second kappa shape index (κ2) is 8.88. The average molecular weight is 408 g/mol. The number of carbonyl (C=O) groups is 2. The lowest BCUT2D eigenvalue weighted by Gasteiger charge is -2.41. The maximum atomic E-state index is 12.9. The molecule has 3 unspecified atom stereocenters. The molecule has 2 aromatic rings. The molecule has 2 aliphatic rings. The lowest BCUT2D eigenvalue weighted by molar-refractivity contribution is -0.133. The molecule has 0 bridgehead atoms. The Hall–Kier alpha value is -2.86. The summed E-state index contributed by atoms with van der Waals surface area (Å²) in [5.41, 5.74) is 9.47. The van der Waals surface area contributed by atoms with E-state index in [9.17, 15) is 9.59 Å². The van der Waals surface area contributed by atoms with Crippen LogP contribution in [0.3, 0.4) is 0 Å². The molecule has 1 saturated carbocycles. The minimum atomic E-state index is -0.166. The highest BCUT2D eigenvalue weighted by Crippen LogP contribution is 2.35. The molecule has 30 heavy (non-hydrogen) atoms. The Morgan fingerprint density at radius 3 is 2.83 bits per heavy atom. The summed E-state index contributed by atoms with van der Waals surface area (Å²) in [6.45, 7) is 1.98. The van der Waals surface area contributed by atoms with Gasteiger partial charge in [0.1, 0.15) is 5.75 Å². The van der Waals surface area contributed by atoms with Gasteiger partial charge >= 0.3 is 0 Å². The Labute approximate surface area is 177 Å². The molecule has 4 rings (SSSR count). The van der Waals surface area contributed by atoms with E-state index in [1.165, 1.54) is 6.42 Å². The molecule has 2 amide bonds. The lowest BCUT2D eigenvalue weighted by Crippen LogP contribution is -2.60. The van der Waals surface area contributed by atoms with Crippen LogP contribution in [0.1, 0.15) is 47.2 Å². The summed E-state index contributed by atoms with van der Waals surface area (Å²) in [5.74, 6) is 1.04. The van der Waals surface area contributed by atoms with Gasteiger partial charge in [-0.25, -0.2) is 5.43 Å². The molecule has 3 N–H and O–H groups in total. The molecule has 158 valence electrons. The van der Waals surface area contributed by atoms with Crippen molar-refractivity contribution in [2.45, 2.75) is 45.1 Å². The van der Waals surface area contributed by atoms with Crippen LogP contribution in [0, 0.1) is 18.8 Å². The van der Waals surface area contributed by atoms with E-state index in [4.69, 9.17) is 4.74 Å². The van der Waals surface area contributed by atoms with Crippen molar-refractivity contribution >= 4 is 17.5 Å². The first kappa shape index (κ1) is 20.4. The molecule has 1 saturated heterocycles. The van der Waals surface area contributed by atoms with Gasteiger partial charge in [-0.05, 0) is 67.5 Å². The zero-order valence-electron chi connectivity index (χ0n) is 17.5. The number of hydrogen-bond acceptors (Lipinski definition) is 4. The van der Waals surface area contributed by atoms with Gasteiger partial charge in [0.2, 0.25) is 5.91 Å². The van der Waals surface area contributed by atoms with Crippen LogP contribution < -0.4 is 20.9 Å². The van der Waals surface area contributed by atoms with Gasteiger partial charge in [-0.15, -0.1) is 0 Å². The molecule has 6 heteroatoms. The SMILES string of the molecule is COc1ccc(C)cc1NC(=O)c1cccc(CC2NNC(=O)C3CCCCC23)c1. The molecule has 1 heterocycles. The predicted octanol–water partition coefficient (Wildman–Crippen LogP) is 3.61. The molecule has 6 nitrogen and oxygen atoms in total. The normalized spacial score (nSPS) is 23.3. The number of methoxy groups -OCH3 is 1. The first-order valence-corrected chi connectivity index (χ1v) is 10.7. The predicted molar refractivity (Wildman–Crippen MR) is 116 cm³/mol. The van der Waals surface area contributed by atoms with Crippen molar-refractivity contribution in [3.05, 3.63) is 59.2 Å². The van der Waals surface area contributed by atoms with Gasteiger partial charge in [0.25, 0.3) is 5.91 Å². The van der Waals surface area contributed by atoms with Crippen molar-refractivity contribution in [1.29, 1.82) is 0 Å². The van der Waals surface area contributed by atoms with E-state index in [1.807, 2.05) is 49.4 Å². The largest absolute Gasteiger partial charge is 0.495 e. The zero-order chi connectivity index (χ0) is 21.1. The molecular formula is C24H29N3O3. The summed E-state index contributed by atoms with van der Waals surface area (Å²) >= 11 is 0. The number of benzene rings is 2. The summed E-state index contributed by atoms with van der Waals surface area (Å²) in [7, 11) is 1.59. The van der Waals surface area contributed by atoms with Crippen LogP contribution in [0.2, 0.25) is 0 Å². The number of amides is 2. The van der Waals surface area contributed by atoms with Gasteiger partial charge in [0, 0.05) is 17.5 Å². The average Bonchev–Trinajstić information content (AvgIpc) is 2.76. The summed E-state index contributed by atoms with van der Waals surface area (Å²) in [5, 5.41) is 2.96. The number of hydrazine groups is 1. The van der Waals surface area contributed by atoms with E-state index in [1.54, 1.807) is 7.11 Å². The number of aryl methyl sites for hydroxylation is 1. The Bertz CT molecular complexity index is 943. The summed E-state index contributed by atoms with van der Waals surface area (Å²) in [4.78, 5) is 25.1. The van der Waals surface area contributed by atoms with Crippen molar-refractivity contribution in [2.24, 2.45) is 11.8 Å². The van der Waals surface area contributed by atoms with Crippen LogP contribution in [0.4, 0.5) is 5.69 Å². The summed E-state index contributed by atoms with van der Waals surface area (Å²) in [6.07, 6.45) is 5.11. The molecule has 2 aromatic carbocycles. The second-order valence-corrected chi connectivity index (χ2v) is 8.36. The number of ether oxygens (including phenoxy) is 1. The fraction of sp³-hybridized carbons (Fsp3) is 0.417. The highest BCUT2D eigenvalue weighted by atomic mass is 16.5. The van der Waals surface area contributed by atoms with Crippen molar-refractivity contribution in [1.82, 2.24) is 10.9 Å². The molecule has 1 aliphatic carbocycles. The molecule has 1 aliphatic heterocycles. The van der Waals surface area contributed by atoms with E-state index in [-0.39, 0.29) is 23.8 Å². The number of hydrogen-bond donors (Lipinski definition) is 3. The van der Waals surface area contributed by atoms with E-state index in [0.717, 1.165) is 36.8 Å². The maximum Gasteiger partial charge on any atom is 0.255 e. The van der Waals surface area contributed by atoms with Crippen molar-refractivity contribution in [2.75, 3.05) is 12.4 Å². The van der Waals surface area contributed by atoms with Gasteiger partial charge < -0.3 is 10.1 Å². The molecular weight excluding hydrogens is 378 g/mol. The lowest BCUT2D eigenvalue weighted by atomic mass is 9.72. The van der Waals surface area contributed by atoms with Crippen LogP contribution in [-0.2, 0) is 11.2 Å². The van der Waals surface area contributed by atoms with E-state index < -0.39 is 0 Å². The Balaban J connectivity index is 1.48. The molecule has 3 atom stereocenters. The van der Waals surface area contributed by atoms with Crippen LogP contribution in [0.15, 0.2) is 42.5 Å². The van der Waals surface area contributed by atoms with E-state index in [0.29, 0.717) is 22.9 Å². The Kier molecular flexibility index (Phi) is 6.04. The van der Waals surface area contributed by atoms with Crippen molar-refractivity contribution in [3.8, 4) is 5.75 Å². The number of anilines is 1. The fourth-order valence-corrected chi connectivity index (χ4v) is 4.74. The van der Waals surface area contributed by atoms with Gasteiger partial charge in [-0.3, -0.25) is 15.0 Å². The number of rotatable bonds is 5. The highest BCUT2D eigenvalue weighted by molar-refractivity contribution is 6.05. The molecule has 2 fully saturated rings. The maximum absolute atomic E-state index is 12.9. The summed E-state index contributed by atoms with van der Waals surface area (Å²) < 4.78 is 5.36. The minimum absolute atomic E-state index is 0.102. The van der Waals surface area contributed by atoms with Gasteiger partial charge in [0.05, 0.1) is 12.8 Å². The number of nitrogens with one attached hydrogen (secondary N) is 3. The van der Waals surface area contributed by atoms with Crippen molar-refractivity contribution in [3.63, 3.8) is 0 Å². The van der Waals surface area contributed by atoms with Crippen LogP contribution in [-0.4, -0.2) is 25.0 Å². The fourth-order valence-electron chi connectivity index (χ4n) is 4.74. The number of fused-ring (bicyclic) bond motifs is 1. The smallest absolute Gasteiger partial charge is 0.255 e. The first-order valence-electron chi connectivity index (χ1n) is 10.7. The third-order valence-electron chi connectivity index (χ3n) is 6.30. The number of carbonyl (C=O) groups excluding carboxylic acids is 2. The van der Waals surface area contributed by atoms with Crippen LogP contribution in [0.5, 0.6) is 5.75 Å². The molecule has 0 spiro atoms. The zero-order valence-corrected chi connectivity index (χ0v) is 17.5. The van der Waals surface area contributed by atoms with Gasteiger partial charge in [-0.2, -0.15) is 0 Å². The van der Waals surface area contributed by atoms with Crippen LogP contribution in [0.25, 0.3) is 0 Å².